The van der Waals surface area contributed by atoms with Gasteiger partial charge in [-0.15, -0.1) is 0 Å². The van der Waals surface area contributed by atoms with Crippen LogP contribution in [-0.2, 0) is 13.0 Å². The van der Waals surface area contributed by atoms with Crippen molar-refractivity contribution in [3.8, 4) is 0 Å². The van der Waals surface area contributed by atoms with E-state index in [1.807, 2.05) is 25.2 Å². The Balaban J connectivity index is 2.25. The van der Waals surface area contributed by atoms with Crippen LogP contribution in [-0.4, -0.2) is 12.0 Å². The summed E-state index contributed by atoms with van der Waals surface area (Å²) in [4.78, 5) is 6.58. The zero-order valence-corrected chi connectivity index (χ0v) is 10.9. The first-order chi connectivity index (χ1) is 8.74. The lowest BCUT2D eigenvalue weighted by molar-refractivity contribution is 0.974. The molecule has 0 atom stereocenters. The maximum absolute atomic E-state index is 5.61. The molecule has 2 aromatic rings. The predicted octanol–water partition coefficient (Wildman–Crippen LogP) is 2.87. The number of nitrogens with zero attached hydrogens (tertiary/aromatic N) is 2. The molecule has 0 unspecified atom stereocenters. The number of hydrogen-bond donors (Lipinski definition) is 1. The Bertz CT molecular complexity index is 505. The number of aromatic nitrogens is 1. The third-order valence-corrected chi connectivity index (χ3v) is 3.08. The molecular weight excluding hydrogens is 222 g/mol. The highest BCUT2D eigenvalue weighted by atomic mass is 15.2. The molecule has 0 fully saturated rings. The minimum atomic E-state index is 0.469. The van der Waals surface area contributed by atoms with Crippen LogP contribution in [0, 0.1) is 0 Å². The van der Waals surface area contributed by atoms with Crippen molar-refractivity contribution in [1.29, 1.82) is 0 Å². The van der Waals surface area contributed by atoms with Gasteiger partial charge in [0.2, 0.25) is 0 Å². The van der Waals surface area contributed by atoms with Crippen molar-refractivity contribution in [3.05, 3.63) is 53.7 Å². The fourth-order valence-electron chi connectivity index (χ4n) is 1.85. The van der Waals surface area contributed by atoms with Crippen LogP contribution < -0.4 is 10.6 Å². The lowest BCUT2D eigenvalue weighted by Crippen LogP contribution is -2.12. The van der Waals surface area contributed by atoms with Gasteiger partial charge < -0.3 is 10.6 Å². The highest BCUT2D eigenvalue weighted by molar-refractivity contribution is 5.59. The smallest absolute Gasteiger partial charge is 0.133 e. The van der Waals surface area contributed by atoms with Crippen molar-refractivity contribution < 1.29 is 0 Å². The number of pyridine rings is 1. The molecule has 3 nitrogen and oxygen atoms in total. The highest BCUT2D eigenvalue weighted by Gasteiger charge is 2.05. The average molecular weight is 241 g/mol. The van der Waals surface area contributed by atoms with Crippen LogP contribution in [0.15, 0.2) is 42.5 Å². The summed E-state index contributed by atoms with van der Waals surface area (Å²) in [6.45, 7) is 2.63. The molecule has 3 heteroatoms. The van der Waals surface area contributed by atoms with Crippen LogP contribution in [0.1, 0.15) is 18.2 Å². The summed E-state index contributed by atoms with van der Waals surface area (Å²) >= 11 is 0. The van der Waals surface area contributed by atoms with Gasteiger partial charge in [-0.2, -0.15) is 0 Å². The Morgan fingerprint density at radius 1 is 1.11 bits per heavy atom. The molecule has 0 aliphatic carbocycles. The second-order valence-corrected chi connectivity index (χ2v) is 4.27. The van der Waals surface area contributed by atoms with Crippen molar-refractivity contribution >= 4 is 11.5 Å². The van der Waals surface area contributed by atoms with Crippen molar-refractivity contribution in [2.75, 3.05) is 11.9 Å². The molecule has 1 aromatic heterocycles. The minimum Gasteiger partial charge on any atom is -0.329 e. The first-order valence-electron chi connectivity index (χ1n) is 6.23. The van der Waals surface area contributed by atoms with Crippen molar-refractivity contribution in [2.45, 2.75) is 19.9 Å². The Morgan fingerprint density at radius 2 is 1.83 bits per heavy atom. The molecule has 18 heavy (non-hydrogen) atoms. The second kappa shape index (κ2) is 5.65. The molecule has 0 bridgehead atoms. The molecule has 0 aliphatic heterocycles. The SMILES string of the molecule is CCc1ccc(N(C)c2cccc(CN)n2)cc1. The normalized spacial score (nSPS) is 10.4. The molecule has 0 radical (unpaired) electrons. The van der Waals surface area contributed by atoms with E-state index < -0.39 is 0 Å². The van der Waals surface area contributed by atoms with Crippen molar-refractivity contribution in [2.24, 2.45) is 5.73 Å². The van der Waals surface area contributed by atoms with Gasteiger partial charge in [0.1, 0.15) is 5.82 Å². The van der Waals surface area contributed by atoms with Crippen LogP contribution in [0.4, 0.5) is 11.5 Å². The summed E-state index contributed by atoms with van der Waals surface area (Å²) in [6.07, 6.45) is 1.06. The molecule has 2 N–H and O–H groups in total. The van der Waals surface area contributed by atoms with Gasteiger partial charge in [0.25, 0.3) is 0 Å². The second-order valence-electron chi connectivity index (χ2n) is 4.27. The summed E-state index contributed by atoms with van der Waals surface area (Å²) in [7, 11) is 2.02. The standard InChI is InChI=1S/C15H19N3/c1-3-12-7-9-14(10-8-12)18(2)15-6-4-5-13(11-16)17-15/h4-10H,3,11,16H2,1-2H3. The monoisotopic (exact) mass is 241 g/mol. The van der Waals surface area contributed by atoms with Gasteiger partial charge in [0, 0.05) is 19.3 Å². The largest absolute Gasteiger partial charge is 0.329 e. The van der Waals surface area contributed by atoms with Crippen LogP contribution in [0.2, 0.25) is 0 Å². The highest BCUT2D eigenvalue weighted by Crippen LogP contribution is 2.22. The van der Waals surface area contributed by atoms with Gasteiger partial charge >= 0.3 is 0 Å². The molecule has 94 valence electrons. The zero-order chi connectivity index (χ0) is 13.0. The van der Waals surface area contributed by atoms with Gasteiger partial charge in [0.05, 0.1) is 5.69 Å². The number of aryl methyl sites for hydroxylation is 1. The topological polar surface area (TPSA) is 42.1 Å². The molecule has 0 spiro atoms. The third kappa shape index (κ3) is 2.68. The van der Waals surface area contributed by atoms with Crippen LogP contribution in [0.5, 0.6) is 0 Å². The molecule has 1 aromatic carbocycles. The quantitative estimate of drug-likeness (QED) is 0.895. The Kier molecular flexibility index (Phi) is 3.95. The number of rotatable bonds is 4. The third-order valence-electron chi connectivity index (χ3n) is 3.08. The van der Waals surface area contributed by atoms with E-state index in [9.17, 15) is 0 Å². The first kappa shape index (κ1) is 12.6. The van der Waals surface area contributed by atoms with E-state index in [2.05, 4.69) is 41.1 Å². The molecule has 0 aliphatic rings. The van der Waals surface area contributed by atoms with Crippen LogP contribution in [0.3, 0.4) is 0 Å². The number of hydrogen-bond acceptors (Lipinski definition) is 3. The lowest BCUT2D eigenvalue weighted by Gasteiger charge is -2.19. The molecule has 0 amide bonds. The Morgan fingerprint density at radius 3 is 2.44 bits per heavy atom. The van der Waals surface area contributed by atoms with Gasteiger partial charge in [-0.25, -0.2) is 4.98 Å². The number of nitrogens with two attached hydrogens (primary N) is 1. The average Bonchev–Trinajstić information content (AvgIpc) is 2.46. The Hall–Kier alpha value is -1.87. The van der Waals surface area contributed by atoms with Gasteiger partial charge in [0.15, 0.2) is 0 Å². The number of benzene rings is 1. The van der Waals surface area contributed by atoms with Crippen LogP contribution in [0.25, 0.3) is 0 Å². The molecule has 2 rings (SSSR count). The van der Waals surface area contributed by atoms with E-state index in [-0.39, 0.29) is 0 Å². The molecular formula is C15H19N3. The van der Waals surface area contributed by atoms with E-state index in [1.165, 1.54) is 5.56 Å². The number of anilines is 2. The van der Waals surface area contributed by atoms with Crippen molar-refractivity contribution in [3.63, 3.8) is 0 Å². The van der Waals surface area contributed by atoms with Gasteiger partial charge in [-0.1, -0.05) is 25.1 Å². The first-order valence-corrected chi connectivity index (χ1v) is 6.23. The summed E-state index contributed by atoms with van der Waals surface area (Å²) in [6, 6.07) is 14.5. The summed E-state index contributed by atoms with van der Waals surface area (Å²) in [5, 5.41) is 0. The zero-order valence-electron chi connectivity index (χ0n) is 10.9. The minimum absolute atomic E-state index is 0.469. The maximum Gasteiger partial charge on any atom is 0.133 e. The fourth-order valence-corrected chi connectivity index (χ4v) is 1.85. The van der Waals surface area contributed by atoms with Gasteiger partial charge in [-0.3, -0.25) is 0 Å². The van der Waals surface area contributed by atoms with E-state index in [0.29, 0.717) is 6.54 Å². The van der Waals surface area contributed by atoms with E-state index in [4.69, 9.17) is 5.73 Å². The lowest BCUT2D eigenvalue weighted by atomic mass is 10.1. The Labute approximate surface area is 108 Å². The van der Waals surface area contributed by atoms with Gasteiger partial charge in [-0.05, 0) is 36.2 Å². The van der Waals surface area contributed by atoms with Crippen molar-refractivity contribution in [1.82, 2.24) is 4.98 Å². The van der Waals surface area contributed by atoms with Crippen LogP contribution >= 0.6 is 0 Å². The maximum atomic E-state index is 5.61. The predicted molar refractivity (Wildman–Crippen MR) is 76.0 cm³/mol. The van der Waals surface area contributed by atoms with E-state index in [0.717, 1.165) is 23.6 Å². The summed E-state index contributed by atoms with van der Waals surface area (Å²) < 4.78 is 0. The molecule has 0 saturated carbocycles. The summed E-state index contributed by atoms with van der Waals surface area (Å²) in [5.41, 5.74) is 9.00. The van der Waals surface area contributed by atoms with E-state index in [1.54, 1.807) is 0 Å². The van der Waals surface area contributed by atoms with E-state index >= 15 is 0 Å². The fraction of sp³-hybridized carbons (Fsp3) is 0.267. The molecule has 0 saturated heterocycles. The molecule has 1 heterocycles. The summed E-state index contributed by atoms with van der Waals surface area (Å²) in [5.74, 6) is 0.919.